The molecule has 0 aliphatic carbocycles. The molecule has 0 bridgehead atoms. The maximum Gasteiger partial charge on any atom is 2.00 e. The number of rotatable bonds is 4. The van der Waals surface area contributed by atoms with Gasteiger partial charge in [0.2, 0.25) is 0 Å². The summed E-state index contributed by atoms with van der Waals surface area (Å²) in [6.07, 6.45) is 3.60. The van der Waals surface area contributed by atoms with Crippen molar-refractivity contribution in [3.8, 4) is 11.1 Å². The first-order chi connectivity index (χ1) is 15.1. The fourth-order valence-corrected chi connectivity index (χ4v) is 3.22. The molecule has 4 rings (SSSR count). The third kappa shape index (κ3) is 6.78. The van der Waals surface area contributed by atoms with Crippen molar-refractivity contribution < 1.29 is 30.3 Å². The number of benzene rings is 4. The average Bonchev–Trinajstić information content (AvgIpc) is 2.79. The number of carboxylic acids is 1. The van der Waals surface area contributed by atoms with Crippen LogP contribution in [0.3, 0.4) is 0 Å². The minimum Gasteiger partial charge on any atom is -0.698 e. The van der Waals surface area contributed by atoms with E-state index in [9.17, 15) is 0 Å². The third-order valence-corrected chi connectivity index (χ3v) is 4.52. The Morgan fingerprint density at radius 2 is 1.19 bits per heavy atom. The van der Waals surface area contributed by atoms with Crippen LogP contribution in [0.1, 0.15) is 23.6 Å². The van der Waals surface area contributed by atoms with Crippen LogP contribution in [0.15, 0.2) is 109 Å². The van der Waals surface area contributed by atoms with Gasteiger partial charge < -0.3 is 10.8 Å². The summed E-state index contributed by atoms with van der Waals surface area (Å²) < 4.78 is 0. The Hall–Kier alpha value is -3.45. The molecule has 0 unspecified atom stereocenters. The monoisotopic (exact) mass is 511 g/mol. The molecule has 32 heavy (non-hydrogen) atoms. The standard InChI is InChI=1S/C26H19N.C2H4O2.Pd/c27-26-18-10-9-17-24(26)22-15-7-8-16-23(22)25(21-13-5-2-6-14-21)19-20-11-3-1-4-12-20;1-2(3)4;/h1-18,27H;1H3,(H,3,4);/q-2;;+2. The second kappa shape index (κ2) is 12.4. The van der Waals surface area contributed by atoms with Gasteiger partial charge in [0.25, 0.3) is 5.97 Å². The zero-order chi connectivity index (χ0) is 22.1. The fraction of sp³-hybridized carbons (Fsp3) is 0.0357. The summed E-state index contributed by atoms with van der Waals surface area (Å²) >= 11 is 0. The van der Waals surface area contributed by atoms with Crippen LogP contribution in [-0.2, 0) is 25.2 Å². The maximum atomic E-state index is 9.00. The van der Waals surface area contributed by atoms with Gasteiger partial charge in [0.15, 0.2) is 0 Å². The number of hydrogen-bond acceptors (Lipinski definition) is 1. The molecule has 0 aliphatic heterocycles. The summed E-state index contributed by atoms with van der Waals surface area (Å²) in [7, 11) is 0. The Morgan fingerprint density at radius 3 is 1.78 bits per heavy atom. The Balaban J connectivity index is 0.000000672. The fourth-order valence-electron chi connectivity index (χ4n) is 3.22. The average molecular weight is 512 g/mol. The molecule has 4 aromatic rings. The largest absolute Gasteiger partial charge is 2.00 e. The van der Waals surface area contributed by atoms with Crippen LogP contribution in [0.5, 0.6) is 0 Å². The van der Waals surface area contributed by atoms with Crippen LogP contribution in [-0.4, -0.2) is 11.1 Å². The molecule has 0 heterocycles. The van der Waals surface area contributed by atoms with Crippen LogP contribution in [0.25, 0.3) is 22.4 Å². The summed E-state index contributed by atoms with van der Waals surface area (Å²) in [6.45, 7) is 1.08. The van der Waals surface area contributed by atoms with Gasteiger partial charge in [-0.3, -0.25) is 4.79 Å². The van der Waals surface area contributed by atoms with Gasteiger partial charge in [-0.15, -0.1) is 35.0 Å². The number of hydrogen-bond donors (Lipinski definition) is 1. The summed E-state index contributed by atoms with van der Waals surface area (Å²) in [4.78, 5) is 9.00. The smallest absolute Gasteiger partial charge is 0.698 e. The minimum absolute atomic E-state index is 0. The van der Waals surface area contributed by atoms with Crippen molar-refractivity contribution in [1.29, 1.82) is 0 Å². The second-order valence-electron chi connectivity index (χ2n) is 6.84. The van der Waals surface area contributed by atoms with Crippen LogP contribution in [0.2, 0.25) is 0 Å². The Bertz CT molecular complexity index is 1170. The molecule has 2 N–H and O–H groups in total. The van der Waals surface area contributed by atoms with E-state index in [1.165, 1.54) is 0 Å². The maximum absolute atomic E-state index is 9.00. The minimum atomic E-state index is -0.833. The predicted molar refractivity (Wildman–Crippen MR) is 127 cm³/mol. The number of carbonyl (C=O) groups is 1. The molecule has 0 saturated carbocycles. The van der Waals surface area contributed by atoms with E-state index in [-0.39, 0.29) is 20.4 Å². The Morgan fingerprint density at radius 1 is 0.719 bits per heavy atom. The molecular weight excluding hydrogens is 489 g/mol. The van der Waals surface area contributed by atoms with Crippen LogP contribution in [0, 0.1) is 6.08 Å². The van der Waals surface area contributed by atoms with Crippen molar-refractivity contribution in [2.45, 2.75) is 6.92 Å². The van der Waals surface area contributed by atoms with Gasteiger partial charge in [0.05, 0.1) is 0 Å². The van der Waals surface area contributed by atoms with Crippen molar-refractivity contribution in [2.75, 3.05) is 0 Å². The summed E-state index contributed by atoms with van der Waals surface area (Å²) in [5.41, 5.74) is 15.1. The Kier molecular flexibility index (Phi) is 9.63. The van der Waals surface area contributed by atoms with Gasteiger partial charge in [-0.05, 0) is 11.1 Å². The molecule has 0 aromatic heterocycles. The van der Waals surface area contributed by atoms with E-state index >= 15 is 0 Å². The molecule has 162 valence electrons. The molecule has 3 nitrogen and oxygen atoms in total. The van der Waals surface area contributed by atoms with Crippen LogP contribution >= 0.6 is 0 Å². The van der Waals surface area contributed by atoms with Crippen molar-refractivity contribution >= 4 is 17.2 Å². The molecule has 0 atom stereocenters. The zero-order valence-corrected chi connectivity index (χ0v) is 19.1. The Labute approximate surface area is 202 Å². The van der Waals surface area contributed by atoms with E-state index in [4.69, 9.17) is 15.6 Å². The van der Waals surface area contributed by atoms with Crippen molar-refractivity contribution in [1.82, 2.24) is 0 Å². The SMILES string of the molecule is CC(=O)O.[NH-]c1ccccc1-c1ccccc1C(=[C-]c1ccccc1)c1ccccc1.[Pd+2]. The first kappa shape index (κ1) is 24.8. The van der Waals surface area contributed by atoms with E-state index in [1.807, 2.05) is 72.8 Å². The normalized spacial score (nSPS) is 10.3. The molecular formula is C28H23NO2Pd. The van der Waals surface area contributed by atoms with E-state index in [2.05, 4.69) is 42.5 Å². The van der Waals surface area contributed by atoms with Crippen molar-refractivity contribution in [2.24, 2.45) is 0 Å². The van der Waals surface area contributed by atoms with Gasteiger partial charge in [0.1, 0.15) is 0 Å². The van der Waals surface area contributed by atoms with Gasteiger partial charge in [-0.25, -0.2) is 0 Å². The molecule has 0 fully saturated rings. The quantitative estimate of drug-likeness (QED) is 0.176. The molecule has 0 radical (unpaired) electrons. The van der Waals surface area contributed by atoms with Crippen LogP contribution in [0.4, 0.5) is 5.69 Å². The van der Waals surface area contributed by atoms with Gasteiger partial charge in [0, 0.05) is 6.92 Å². The molecule has 0 spiro atoms. The van der Waals surface area contributed by atoms with Crippen molar-refractivity contribution in [3.05, 3.63) is 138 Å². The zero-order valence-electron chi connectivity index (χ0n) is 17.6. The van der Waals surface area contributed by atoms with E-state index in [0.717, 1.165) is 40.3 Å². The topological polar surface area (TPSA) is 61.1 Å². The van der Waals surface area contributed by atoms with Gasteiger partial charge in [-0.2, -0.15) is 0 Å². The molecule has 0 saturated heterocycles. The molecule has 4 heteroatoms. The summed E-state index contributed by atoms with van der Waals surface area (Å²) in [5, 5.41) is 7.42. The summed E-state index contributed by atoms with van der Waals surface area (Å²) in [6, 6.07) is 36.5. The number of nitrogens with one attached hydrogen (secondary N) is 1. The number of carboxylic acid groups (broad SMARTS) is 1. The predicted octanol–water partition coefficient (Wildman–Crippen LogP) is 7.41. The second-order valence-corrected chi connectivity index (χ2v) is 6.84. The molecule has 4 aromatic carbocycles. The van der Waals surface area contributed by atoms with Crippen molar-refractivity contribution in [3.63, 3.8) is 0 Å². The molecule has 0 aliphatic rings. The first-order valence-electron chi connectivity index (χ1n) is 9.90. The van der Waals surface area contributed by atoms with E-state index in [1.54, 1.807) is 0 Å². The third-order valence-electron chi connectivity index (χ3n) is 4.52. The van der Waals surface area contributed by atoms with Gasteiger partial charge in [-0.1, -0.05) is 108 Å². The van der Waals surface area contributed by atoms with Gasteiger partial charge >= 0.3 is 20.4 Å². The molecule has 0 amide bonds. The van der Waals surface area contributed by atoms with E-state index in [0.29, 0.717) is 5.69 Å². The van der Waals surface area contributed by atoms with Crippen LogP contribution < -0.4 is 0 Å². The van der Waals surface area contributed by atoms with E-state index < -0.39 is 5.97 Å². The first-order valence-corrected chi connectivity index (χ1v) is 9.90. The summed E-state index contributed by atoms with van der Waals surface area (Å²) in [5.74, 6) is -0.833. The number of aliphatic carboxylic acids is 1.